The molecule has 0 aliphatic heterocycles. The van der Waals surface area contributed by atoms with E-state index in [0.717, 1.165) is 6.42 Å². The molecule has 0 saturated carbocycles. The van der Waals surface area contributed by atoms with Crippen molar-refractivity contribution in [3.8, 4) is 6.07 Å². The Kier molecular flexibility index (Phi) is 4.38. The van der Waals surface area contributed by atoms with Crippen LogP contribution < -0.4 is 5.73 Å². The Labute approximate surface area is 80.9 Å². The first-order chi connectivity index (χ1) is 5.77. The minimum absolute atomic E-state index is 0.275. The van der Waals surface area contributed by atoms with Crippen LogP contribution in [0.2, 0.25) is 0 Å². The van der Waals surface area contributed by atoms with Crippen LogP contribution in [0.3, 0.4) is 0 Å². The first-order valence-electron chi connectivity index (χ1n) is 4.55. The van der Waals surface area contributed by atoms with Gasteiger partial charge < -0.3 is 10.5 Å². The summed E-state index contributed by atoms with van der Waals surface area (Å²) >= 11 is 0. The van der Waals surface area contributed by atoms with Crippen molar-refractivity contribution < 1.29 is 4.74 Å². The molecule has 0 fully saturated rings. The number of hydrogen-bond acceptors (Lipinski definition) is 3. The molecule has 0 aliphatic rings. The quantitative estimate of drug-likeness (QED) is 0.676. The summed E-state index contributed by atoms with van der Waals surface area (Å²) in [6.07, 6.45) is 0.981. The summed E-state index contributed by atoms with van der Waals surface area (Å²) in [6.45, 7) is 9.11. The lowest BCUT2D eigenvalue weighted by Crippen LogP contribution is -2.39. The van der Waals surface area contributed by atoms with Crippen LogP contribution in [0, 0.1) is 16.7 Å². The van der Waals surface area contributed by atoms with Gasteiger partial charge in [0, 0.05) is 6.61 Å². The molecule has 0 rings (SSSR count). The fraction of sp³-hybridized carbons (Fsp3) is 0.900. The van der Waals surface area contributed by atoms with Crippen molar-refractivity contribution in [1.82, 2.24) is 0 Å². The lowest BCUT2D eigenvalue weighted by molar-refractivity contribution is 0.0868. The highest BCUT2D eigenvalue weighted by molar-refractivity contribution is 5.00. The maximum absolute atomic E-state index is 8.60. The molecule has 0 saturated heterocycles. The van der Waals surface area contributed by atoms with Gasteiger partial charge in [-0.15, -0.1) is 0 Å². The molecule has 0 spiro atoms. The molecule has 3 nitrogen and oxygen atoms in total. The molecule has 0 bridgehead atoms. The third kappa shape index (κ3) is 7.76. The summed E-state index contributed by atoms with van der Waals surface area (Å²) in [4.78, 5) is 0. The van der Waals surface area contributed by atoms with Crippen LogP contribution in [0.4, 0.5) is 0 Å². The lowest BCUT2D eigenvalue weighted by Gasteiger charge is -2.20. The van der Waals surface area contributed by atoms with Crippen molar-refractivity contribution >= 4 is 0 Å². The highest BCUT2D eigenvalue weighted by Crippen LogP contribution is 2.18. The van der Waals surface area contributed by atoms with E-state index in [4.69, 9.17) is 15.7 Å². The van der Waals surface area contributed by atoms with Crippen LogP contribution in [0.5, 0.6) is 0 Å². The predicted molar refractivity (Wildman–Crippen MR) is 53.1 cm³/mol. The molecule has 0 aromatic heterocycles. The molecule has 0 aromatic rings. The Morgan fingerprint density at radius 1 is 1.31 bits per heavy atom. The van der Waals surface area contributed by atoms with Gasteiger partial charge in [-0.2, -0.15) is 5.26 Å². The van der Waals surface area contributed by atoms with Crippen molar-refractivity contribution in [1.29, 1.82) is 5.26 Å². The smallest absolute Gasteiger partial charge is 0.124 e. The zero-order valence-corrected chi connectivity index (χ0v) is 9.05. The van der Waals surface area contributed by atoms with Gasteiger partial charge in [-0.1, -0.05) is 20.8 Å². The van der Waals surface area contributed by atoms with E-state index < -0.39 is 5.54 Å². The second-order valence-electron chi connectivity index (χ2n) is 4.89. The summed E-state index contributed by atoms with van der Waals surface area (Å²) in [5.41, 5.74) is 5.01. The van der Waals surface area contributed by atoms with Crippen LogP contribution in [-0.4, -0.2) is 18.8 Å². The molecule has 3 heteroatoms. The Balaban J connectivity index is 3.54. The molecule has 0 aliphatic carbocycles. The summed E-state index contributed by atoms with van der Waals surface area (Å²) in [7, 11) is 0. The standard InChI is InChI=1S/C10H20N2O/c1-9(2,3)5-6-13-8-10(4,12)7-11/h5-6,8,12H2,1-4H3. The summed E-state index contributed by atoms with van der Waals surface area (Å²) < 4.78 is 5.32. The molecule has 0 heterocycles. The zero-order valence-electron chi connectivity index (χ0n) is 9.05. The minimum Gasteiger partial charge on any atom is -0.378 e. The lowest BCUT2D eigenvalue weighted by atomic mass is 9.93. The van der Waals surface area contributed by atoms with Gasteiger partial charge in [0.05, 0.1) is 12.7 Å². The third-order valence-corrected chi connectivity index (χ3v) is 1.65. The molecule has 0 radical (unpaired) electrons. The Morgan fingerprint density at radius 3 is 2.23 bits per heavy atom. The average Bonchev–Trinajstić information content (AvgIpc) is 1.97. The Bertz CT molecular complexity index is 186. The van der Waals surface area contributed by atoms with Crippen LogP contribution >= 0.6 is 0 Å². The molecule has 1 unspecified atom stereocenters. The molecule has 13 heavy (non-hydrogen) atoms. The predicted octanol–water partition coefficient (Wildman–Crippen LogP) is 1.68. The Morgan fingerprint density at radius 2 is 1.85 bits per heavy atom. The van der Waals surface area contributed by atoms with Gasteiger partial charge in [-0.25, -0.2) is 0 Å². The monoisotopic (exact) mass is 184 g/mol. The van der Waals surface area contributed by atoms with Crippen molar-refractivity contribution in [3.63, 3.8) is 0 Å². The van der Waals surface area contributed by atoms with Gasteiger partial charge in [0.2, 0.25) is 0 Å². The zero-order chi connectivity index (χ0) is 10.5. The van der Waals surface area contributed by atoms with Crippen molar-refractivity contribution in [2.45, 2.75) is 39.7 Å². The highest BCUT2D eigenvalue weighted by Gasteiger charge is 2.17. The fourth-order valence-corrected chi connectivity index (χ4v) is 0.695. The second-order valence-corrected chi connectivity index (χ2v) is 4.89. The molecule has 76 valence electrons. The van der Waals surface area contributed by atoms with Crippen LogP contribution in [0.25, 0.3) is 0 Å². The van der Waals surface area contributed by atoms with E-state index in [-0.39, 0.29) is 5.41 Å². The van der Waals surface area contributed by atoms with Gasteiger partial charge >= 0.3 is 0 Å². The van der Waals surface area contributed by atoms with Gasteiger partial charge in [0.15, 0.2) is 0 Å². The van der Waals surface area contributed by atoms with Crippen molar-refractivity contribution in [3.05, 3.63) is 0 Å². The second kappa shape index (κ2) is 4.59. The largest absolute Gasteiger partial charge is 0.378 e. The number of nitriles is 1. The van der Waals surface area contributed by atoms with E-state index in [1.807, 2.05) is 6.07 Å². The van der Waals surface area contributed by atoms with E-state index in [2.05, 4.69) is 20.8 Å². The number of rotatable bonds is 4. The van der Waals surface area contributed by atoms with E-state index >= 15 is 0 Å². The average molecular weight is 184 g/mol. The summed E-state index contributed by atoms with van der Waals surface area (Å²) in [5, 5.41) is 8.60. The van der Waals surface area contributed by atoms with Crippen molar-refractivity contribution in [2.75, 3.05) is 13.2 Å². The maximum atomic E-state index is 8.60. The first kappa shape index (κ1) is 12.4. The normalized spacial score (nSPS) is 16.3. The first-order valence-corrected chi connectivity index (χ1v) is 4.55. The summed E-state index contributed by atoms with van der Waals surface area (Å²) in [5.74, 6) is 0. The Hall–Kier alpha value is -0.590. The molecule has 1 atom stereocenters. The SMILES string of the molecule is CC(C)(C)CCOCC(C)(N)C#N. The molecular weight excluding hydrogens is 164 g/mol. The minimum atomic E-state index is -0.849. The van der Waals surface area contributed by atoms with Crippen LogP contribution in [0.1, 0.15) is 34.1 Å². The van der Waals surface area contributed by atoms with E-state index in [1.54, 1.807) is 6.92 Å². The molecule has 0 amide bonds. The van der Waals surface area contributed by atoms with Gasteiger partial charge in [0.1, 0.15) is 5.54 Å². The number of hydrogen-bond donors (Lipinski definition) is 1. The number of nitrogens with zero attached hydrogens (tertiary/aromatic N) is 1. The van der Waals surface area contributed by atoms with E-state index in [1.165, 1.54) is 0 Å². The van der Waals surface area contributed by atoms with Gasteiger partial charge in [-0.3, -0.25) is 0 Å². The fourth-order valence-electron chi connectivity index (χ4n) is 0.695. The summed E-state index contributed by atoms with van der Waals surface area (Å²) in [6, 6.07) is 1.99. The number of nitrogens with two attached hydrogens (primary N) is 1. The number of ether oxygens (including phenoxy) is 1. The maximum Gasteiger partial charge on any atom is 0.124 e. The van der Waals surface area contributed by atoms with E-state index in [9.17, 15) is 0 Å². The third-order valence-electron chi connectivity index (χ3n) is 1.65. The van der Waals surface area contributed by atoms with Crippen LogP contribution in [-0.2, 0) is 4.74 Å². The highest BCUT2D eigenvalue weighted by atomic mass is 16.5. The molecule has 2 N–H and O–H groups in total. The van der Waals surface area contributed by atoms with Gasteiger partial charge in [0.25, 0.3) is 0 Å². The van der Waals surface area contributed by atoms with Crippen LogP contribution in [0.15, 0.2) is 0 Å². The molecule has 0 aromatic carbocycles. The van der Waals surface area contributed by atoms with Gasteiger partial charge in [-0.05, 0) is 18.8 Å². The van der Waals surface area contributed by atoms with E-state index in [0.29, 0.717) is 13.2 Å². The topological polar surface area (TPSA) is 59.0 Å². The van der Waals surface area contributed by atoms with Crippen molar-refractivity contribution in [2.24, 2.45) is 11.1 Å². The molecular formula is C10H20N2O.